The Kier molecular flexibility index (Phi) is 15.2. The summed E-state index contributed by atoms with van der Waals surface area (Å²) in [7, 11) is 3.46. The molecule has 0 aliphatic carbocycles. The van der Waals surface area contributed by atoms with Gasteiger partial charge in [0, 0.05) is 44.7 Å². The standard InChI is InChI=1S/C60H59N5O14/c1-35(2)48(56(70)76-5)61-59(73)64-44-25-19-36(13-12-18-42(54(68)74-3)55(69)75-4)31-43(44)60(58(64)72)47(53(67)63-29-27-62(28-30-63)33-37-20-26-45-46(32-37)78-34-77-45)50-57(71)79-51(39-16-10-7-11-17-39)49(38-14-8-6-9-15-38)65(50)52(60)40-21-23-41(66)24-22-40/h6-11,14-17,19-26,31-32,35,42,47-52,66H,18,27-30,33-34H2,1-5H3,(H,61,73). The second-order valence-electron chi connectivity index (χ2n) is 20.3. The number of carbonyl (C=O) groups is 7. The second kappa shape index (κ2) is 22.3. The third-order valence-corrected chi connectivity index (χ3v) is 15.6. The predicted molar refractivity (Wildman–Crippen MR) is 283 cm³/mol. The molecule has 5 aliphatic heterocycles. The first-order chi connectivity index (χ1) is 38.2. The number of phenols is 1. The third kappa shape index (κ3) is 9.75. The lowest BCUT2D eigenvalue weighted by atomic mass is 9.64. The van der Waals surface area contributed by atoms with E-state index < -0.39 is 95.2 Å². The lowest BCUT2D eigenvalue weighted by Gasteiger charge is -2.46. The van der Waals surface area contributed by atoms with Crippen molar-refractivity contribution in [2.75, 3.05) is 59.2 Å². The van der Waals surface area contributed by atoms with E-state index in [-0.39, 0.29) is 48.9 Å². The molecular formula is C60H59N5O14. The molecule has 5 aliphatic rings. The topological polar surface area (TPSA) is 220 Å². The molecule has 5 aromatic rings. The Hall–Kier alpha value is -8.73. The van der Waals surface area contributed by atoms with Crippen molar-refractivity contribution in [3.63, 3.8) is 0 Å². The van der Waals surface area contributed by atoms with Gasteiger partial charge in [-0.3, -0.25) is 33.8 Å². The first-order valence-corrected chi connectivity index (χ1v) is 26.0. The zero-order valence-electron chi connectivity index (χ0n) is 44.2. The van der Waals surface area contributed by atoms with Crippen LogP contribution < -0.4 is 19.7 Å². The zero-order chi connectivity index (χ0) is 55.7. The molecule has 5 heterocycles. The highest BCUT2D eigenvalue weighted by atomic mass is 16.7. The smallest absolute Gasteiger partial charge is 0.329 e. The molecule has 19 heteroatoms. The number of urea groups is 1. The van der Waals surface area contributed by atoms with Crippen LogP contribution in [-0.4, -0.2) is 128 Å². The maximum absolute atomic E-state index is 16.9. The van der Waals surface area contributed by atoms with Gasteiger partial charge in [0.25, 0.3) is 0 Å². The molecule has 79 heavy (non-hydrogen) atoms. The van der Waals surface area contributed by atoms with Gasteiger partial charge < -0.3 is 43.7 Å². The molecule has 19 nitrogen and oxygen atoms in total. The summed E-state index contributed by atoms with van der Waals surface area (Å²) in [6.45, 7) is 5.25. The molecule has 408 valence electrons. The molecule has 1 spiro atoms. The highest BCUT2D eigenvalue weighted by molar-refractivity contribution is 6.25. The van der Waals surface area contributed by atoms with Gasteiger partial charge in [0.05, 0.1) is 45.0 Å². The van der Waals surface area contributed by atoms with Crippen LogP contribution in [0.1, 0.15) is 71.8 Å². The number of phenolic OH excluding ortho intramolecular Hbond substituents is 1. The number of hydrogen-bond acceptors (Lipinski definition) is 16. The van der Waals surface area contributed by atoms with E-state index in [1.165, 1.54) is 25.3 Å². The number of imide groups is 1. The summed E-state index contributed by atoms with van der Waals surface area (Å²) in [6, 6.07) is 29.1. The number of amides is 4. The number of methoxy groups -OCH3 is 3. The summed E-state index contributed by atoms with van der Waals surface area (Å²) in [5, 5.41) is 13.6. The molecule has 0 bridgehead atoms. The van der Waals surface area contributed by atoms with Crippen LogP contribution in [0.5, 0.6) is 17.2 Å². The minimum absolute atomic E-state index is 0.0293. The molecular weight excluding hydrogens is 1010 g/mol. The van der Waals surface area contributed by atoms with Crippen molar-refractivity contribution in [1.29, 1.82) is 0 Å². The molecule has 7 unspecified atom stereocenters. The number of cyclic esters (lactones) is 1. The molecule has 0 aromatic heterocycles. The summed E-state index contributed by atoms with van der Waals surface area (Å²) in [6.07, 6.45) is -1.33. The van der Waals surface area contributed by atoms with E-state index >= 15 is 19.2 Å². The first-order valence-electron chi connectivity index (χ1n) is 26.0. The summed E-state index contributed by atoms with van der Waals surface area (Å²) in [5.41, 5.74) is 0.899. The van der Waals surface area contributed by atoms with Crippen molar-refractivity contribution >= 4 is 47.4 Å². The maximum atomic E-state index is 16.9. The van der Waals surface area contributed by atoms with Crippen molar-refractivity contribution in [2.24, 2.45) is 17.8 Å². The Labute approximate surface area is 456 Å². The Bertz CT molecular complexity index is 3230. The van der Waals surface area contributed by atoms with Gasteiger partial charge in [-0.25, -0.2) is 14.5 Å². The van der Waals surface area contributed by atoms with E-state index in [1.807, 2.05) is 83.8 Å². The van der Waals surface area contributed by atoms with Crippen LogP contribution in [0.25, 0.3) is 0 Å². The molecule has 2 N–H and O–H groups in total. The van der Waals surface area contributed by atoms with Gasteiger partial charge in [-0.05, 0) is 76.2 Å². The van der Waals surface area contributed by atoms with Crippen LogP contribution in [0, 0.1) is 29.6 Å². The minimum atomic E-state index is -2.20. The number of benzene rings is 5. The number of piperazine rings is 1. The van der Waals surface area contributed by atoms with Gasteiger partial charge in [0.15, 0.2) is 17.4 Å². The average molecular weight is 1070 g/mol. The number of nitrogens with one attached hydrogen (secondary N) is 1. The van der Waals surface area contributed by atoms with E-state index in [2.05, 4.69) is 22.1 Å². The third-order valence-electron chi connectivity index (χ3n) is 15.6. The number of hydrogen-bond donors (Lipinski definition) is 2. The minimum Gasteiger partial charge on any atom is -0.508 e. The van der Waals surface area contributed by atoms with Crippen molar-refractivity contribution < 1.29 is 67.1 Å². The van der Waals surface area contributed by atoms with E-state index in [1.54, 1.807) is 43.0 Å². The van der Waals surface area contributed by atoms with Crippen molar-refractivity contribution in [1.82, 2.24) is 20.0 Å². The first kappa shape index (κ1) is 53.7. The normalized spacial score (nSPS) is 22.6. The largest absolute Gasteiger partial charge is 0.508 e. The Morgan fingerprint density at radius 1 is 0.734 bits per heavy atom. The predicted octanol–water partition coefficient (Wildman–Crippen LogP) is 5.74. The van der Waals surface area contributed by atoms with Crippen LogP contribution in [0.4, 0.5) is 10.5 Å². The maximum Gasteiger partial charge on any atom is 0.329 e. The monoisotopic (exact) mass is 1070 g/mol. The lowest BCUT2D eigenvalue weighted by Crippen LogP contribution is -2.59. The molecule has 0 saturated carbocycles. The average Bonchev–Trinajstić information content (AvgIpc) is 3.17. The molecule has 4 amide bonds. The second-order valence-corrected chi connectivity index (χ2v) is 20.3. The number of carbonyl (C=O) groups excluding carboxylic acids is 7. The van der Waals surface area contributed by atoms with Gasteiger partial charge in [-0.2, -0.15) is 0 Å². The molecule has 7 atom stereocenters. The Balaban J connectivity index is 1.19. The summed E-state index contributed by atoms with van der Waals surface area (Å²) >= 11 is 0. The lowest BCUT2D eigenvalue weighted by molar-refractivity contribution is -0.179. The van der Waals surface area contributed by atoms with E-state index in [0.29, 0.717) is 47.8 Å². The van der Waals surface area contributed by atoms with E-state index in [4.69, 9.17) is 28.4 Å². The number of nitrogens with zero attached hydrogens (tertiary/aromatic N) is 4. The van der Waals surface area contributed by atoms with E-state index in [9.17, 15) is 19.5 Å². The van der Waals surface area contributed by atoms with Crippen LogP contribution in [0.2, 0.25) is 0 Å². The summed E-state index contributed by atoms with van der Waals surface area (Å²) < 4.78 is 32.7. The van der Waals surface area contributed by atoms with Gasteiger partial charge in [0.1, 0.15) is 29.4 Å². The summed E-state index contributed by atoms with van der Waals surface area (Å²) in [5.74, 6) is -1.16. The molecule has 3 saturated heterocycles. The number of anilines is 1. The van der Waals surface area contributed by atoms with Crippen molar-refractivity contribution in [3.05, 3.63) is 155 Å². The number of aromatic hydroxyl groups is 1. The zero-order valence-corrected chi connectivity index (χ0v) is 44.2. The van der Waals surface area contributed by atoms with Crippen LogP contribution in [0.3, 0.4) is 0 Å². The SMILES string of the molecule is COC(=O)C(CC#Cc1ccc2c(c1)C1(C(=O)N2C(=O)NC(C(=O)OC)C(C)C)C(C(=O)N2CCN(Cc3ccc4c(c3)OCO4)CC2)C2C(=O)OC(c3ccccc3)C(c3ccccc3)N2C1c1ccc(O)cc1)C(=O)OC. The Morgan fingerprint density at radius 2 is 1.38 bits per heavy atom. The molecule has 0 radical (unpaired) electrons. The number of ether oxygens (including phenoxy) is 6. The van der Waals surface area contributed by atoms with Crippen LogP contribution in [-0.2, 0) is 59.7 Å². The number of fused-ring (bicyclic) bond motifs is 4. The van der Waals surface area contributed by atoms with Crippen molar-refractivity contribution in [3.8, 4) is 29.1 Å². The van der Waals surface area contributed by atoms with E-state index in [0.717, 1.165) is 24.7 Å². The molecule has 10 rings (SSSR count). The fraction of sp³-hybridized carbons (Fsp3) is 0.350. The number of rotatable bonds is 12. The fourth-order valence-corrected chi connectivity index (χ4v) is 11.9. The quantitative estimate of drug-likeness (QED) is 0.0658. The van der Waals surface area contributed by atoms with Gasteiger partial charge in [-0.1, -0.05) is 105 Å². The van der Waals surface area contributed by atoms with Crippen molar-refractivity contribution in [2.45, 2.75) is 62.5 Å². The van der Waals surface area contributed by atoms with Gasteiger partial charge in [-0.15, -0.1) is 0 Å². The number of esters is 4. The number of morpholine rings is 1. The van der Waals surface area contributed by atoms with Gasteiger partial charge >= 0.3 is 29.9 Å². The highest BCUT2D eigenvalue weighted by Crippen LogP contribution is 2.66. The highest BCUT2D eigenvalue weighted by Gasteiger charge is 2.76. The van der Waals surface area contributed by atoms with Crippen LogP contribution in [0.15, 0.2) is 121 Å². The fourth-order valence-electron chi connectivity index (χ4n) is 11.9. The summed E-state index contributed by atoms with van der Waals surface area (Å²) in [4.78, 5) is 110. The van der Waals surface area contributed by atoms with Crippen LogP contribution >= 0.6 is 0 Å². The Morgan fingerprint density at radius 3 is 2.03 bits per heavy atom. The van der Waals surface area contributed by atoms with Gasteiger partial charge in [0.2, 0.25) is 18.6 Å². The molecule has 5 aromatic carbocycles. The molecule has 3 fully saturated rings.